The first kappa shape index (κ1) is 13.7. The molecule has 104 valence electrons. The van der Waals surface area contributed by atoms with Gasteiger partial charge < -0.3 is 20.7 Å². The lowest BCUT2D eigenvalue weighted by Crippen LogP contribution is -2.38. The van der Waals surface area contributed by atoms with E-state index >= 15 is 0 Å². The molecular formula is C14H21N3O2. The van der Waals surface area contributed by atoms with Crippen molar-refractivity contribution in [3.05, 3.63) is 23.8 Å². The van der Waals surface area contributed by atoms with Crippen LogP contribution in [-0.2, 0) is 0 Å². The van der Waals surface area contributed by atoms with Crippen LogP contribution in [0, 0.1) is 0 Å². The van der Waals surface area contributed by atoms with Gasteiger partial charge >= 0.3 is 0 Å². The SMILES string of the molecule is COc1cc(N)cc(C(=O)NCC2CCCN2C)c1. The lowest BCUT2D eigenvalue weighted by atomic mass is 10.1. The molecule has 0 saturated carbocycles. The summed E-state index contributed by atoms with van der Waals surface area (Å²) in [6, 6.07) is 5.49. The molecule has 0 aromatic heterocycles. The van der Waals surface area contributed by atoms with E-state index in [4.69, 9.17) is 10.5 Å². The van der Waals surface area contributed by atoms with E-state index in [9.17, 15) is 4.79 Å². The smallest absolute Gasteiger partial charge is 0.251 e. The second-order valence-electron chi connectivity index (χ2n) is 4.98. The average Bonchev–Trinajstić information content (AvgIpc) is 2.80. The summed E-state index contributed by atoms with van der Waals surface area (Å²) in [7, 11) is 3.65. The number of benzene rings is 1. The molecule has 1 aliphatic heterocycles. The molecule has 0 bridgehead atoms. The molecule has 1 atom stereocenters. The molecule has 1 unspecified atom stereocenters. The number of nitrogen functional groups attached to an aromatic ring is 1. The number of nitrogens with zero attached hydrogens (tertiary/aromatic N) is 1. The standard InChI is InChI=1S/C14H21N3O2/c1-17-5-3-4-12(17)9-16-14(18)10-6-11(15)8-13(7-10)19-2/h6-8,12H,3-5,9,15H2,1-2H3,(H,16,18). The van der Waals surface area contributed by atoms with Gasteiger partial charge in [0.1, 0.15) is 5.75 Å². The van der Waals surface area contributed by atoms with Gasteiger partial charge in [-0.2, -0.15) is 0 Å². The molecule has 1 aromatic rings. The Morgan fingerprint density at radius 3 is 2.95 bits per heavy atom. The number of hydrogen-bond donors (Lipinski definition) is 2. The third kappa shape index (κ3) is 3.38. The van der Waals surface area contributed by atoms with Crippen LogP contribution < -0.4 is 15.8 Å². The Kier molecular flexibility index (Phi) is 4.27. The molecule has 19 heavy (non-hydrogen) atoms. The minimum absolute atomic E-state index is 0.106. The van der Waals surface area contributed by atoms with E-state index in [0.29, 0.717) is 29.6 Å². The maximum absolute atomic E-state index is 12.1. The van der Waals surface area contributed by atoms with Gasteiger partial charge in [0.05, 0.1) is 7.11 Å². The number of carbonyl (C=O) groups is 1. The summed E-state index contributed by atoms with van der Waals surface area (Å²) in [5, 5.41) is 2.96. The number of carbonyl (C=O) groups excluding carboxylic acids is 1. The highest BCUT2D eigenvalue weighted by molar-refractivity contribution is 5.95. The Morgan fingerprint density at radius 2 is 2.32 bits per heavy atom. The Balaban J connectivity index is 1.97. The molecule has 1 fully saturated rings. The second-order valence-corrected chi connectivity index (χ2v) is 4.98. The van der Waals surface area contributed by atoms with Crippen LogP contribution in [-0.4, -0.2) is 44.1 Å². The highest BCUT2D eigenvalue weighted by Gasteiger charge is 2.21. The molecule has 1 heterocycles. The van der Waals surface area contributed by atoms with Crippen molar-refractivity contribution in [1.29, 1.82) is 0 Å². The first-order valence-corrected chi connectivity index (χ1v) is 6.53. The quantitative estimate of drug-likeness (QED) is 0.798. The molecule has 1 amide bonds. The molecule has 5 heteroatoms. The number of hydrogen-bond acceptors (Lipinski definition) is 4. The first-order valence-electron chi connectivity index (χ1n) is 6.53. The van der Waals surface area contributed by atoms with Crippen molar-refractivity contribution in [2.75, 3.05) is 33.0 Å². The second kappa shape index (κ2) is 5.93. The first-order chi connectivity index (χ1) is 9.10. The number of methoxy groups -OCH3 is 1. The third-order valence-corrected chi connectivity index (χ3v) is 3.60. The van der Waals surface area contributed by atoms with Crippen molar-refractivity contribution in [3.63, 3.8) is 0 Å². The van der Waals surface area contributed by atoms with Gasteiger partial charge in [-0.25, -0.2) is 0 Å². The maximum atomic E-state index is 12.1. The van der Waals surface area contributed by atoms with Gasteiger partial charge in [0.15, 0.2) is 0 Å². The number of ether oxygens (including phenoxy) is 1. The largest absolute Gasteiger partial charge is 0.497 e. The molecule has 1 saturated heterocycles. The normalized spacial score (nSPS) is 19.4. The number of rotatable bonds is 4. The Labute approximate surface area is 113 Å². The number of nitrogens with one attached hydrogen (secondary N) is 1. The van der Waals surface area contributed by atoms with E-state index in [1.807, 2.05) is 0 Å². The Hall–Kier alpha value is -1.75. The van der Waals surface area contributed by atoms with Crippen molar-refractivity contribution in [2.24, 2.45) is 0 Å². The summed E-state index contributed by atoms with van der Waals surface area (Å²) in [6.45, 7) is 1.78. The van der Waals surface area contributed by atoms with Gasteiger partial charge in [-0.1, -0.05) is 0 Å². The van der Waals surface area contributed by atoms with Crippen LogP contribution in [0.5, 0.6) is 5.75 Å². The average molecular weight is 263 g/mol. The summed E-state index contributed by atoms with van der Waals surface area (Å²) in [4.78, 5) is 14.4. The lowest BCUT2D eigenvalue weighted by Gasteiger charge is -2.19. The third-order valence-electron chi connectivity index (χ3n) is 3.60. The van der Waals surface area contributed by atoms with E-state index in [2.05, 4.69) is 17.3 Å². The predicted octanol–water partition coefficient (Wildman–Crippen LogP) is 1.10. The summed E-state index contributed by atoms with van der Waals surface area (Å²) in [5.74, 6) is 0.494. The number of likely N-dealkylation sites (N-methyl/N-ethyl adjacent to an activating group) is 1. The van der Waals surface area contributed by atoms with E-state index < -0.39 is 0 Å². The van der Waals surface area contributed by atoms with Gasteiger partial charge in [0, 0.05) is 29.9 Å². The van der Waals surface area contributed by atoms with Crippen LogP contribution in [0.1, 0.15) is 23.2 Å². The Morgan fingerprint density at radius 1 is 1.53 bits per heavy atom. The van der Waals surface area contributed by atoms with E-state index in [-0.39, 0.29) is 5.91 Å². The van der Waals surface area contributed by atoms with Crippen molar-refractivity contribution in [1.82, 2.24) is 10.2 Å². The molecule has 3 N–H and O–H groups in total. The molecular weight excluding hydrogens is 242 g/mol. The van der Waals surface area contributed by atoms with Gasteiger partial charge in [0.2, 0.25) is 0 Å². The molecule has 2 rings (SSSR count). The highest BCUT2D eigenvalue weighted by atomic mass is 16.5. The minimum atomic E-state index is -0.106. The van der Waals surface area contributed by atoms with E-state index in [1.165, 1.54) is 6.42 Å². The fourth-order valence-electron chi connectivity index (χ4n) is 2.42. The lowest BCUT2D eigenvalue weighted by molar-refractivity contribution is 0.0943. The van der Waals surface area contributed by atoms with Crippen LogP contribution in [0.15, 0.2) is 18.2 Å². The zero-order valence-corrected chi connectivity index (χ0v) is 11.5. The fourth-order valence-corrected chi connectivity index (χ4v) is 2.42. The van der Waals surface area contributed by atoms with Crippen LogP contribution in [0.4, 0.5) is 5.69 Å². The summed E-state index contributed by atoms with van der Waals surface area (Å²) >= 11 is 0. The van der Waals surface area contributed by atoms with Crippen molar-refractivity contribution < 1.29 is 9.53 Å². The number of anilines is 1. The molecule has 0 spiro atoms. The fraction of sp³-hybridized carbons (Fsp3) is 0.500. The van der Waals surface area contributed by atoms with Crippen LogP contribution in [0.2, 0.25) is 0 Å². The van der Waals surface area contributed by atoms with Gasteiger partial charge in [-0.05, 0) is 38.6 Å². The summed E-state index contributed by atoms with van der Waals surface area (Å²) < 4.78 is 5.11. The topological polar surface area (TPSA) is 67.6 Å². The highest BCUT2D eigenvalue weighted by Crippen LogP contribution is 2.19. The van der Waals surface area contributed by atoms with Crippen molar-refractivity contribution in [2.45, 2.75) is 18.9 Å². The van der Waals surface area contributed by atoms with Gasteiger partial charge in [-0.15, -0.1) is 0 Å². The van der Waals surface area contributed by atoms with Crippen LogP contribution >= 0.6 is 0 Å². The molecule has 1 aliphatic rings. The molecule has 0 radical (unpaired) electrons. The van der Waals surface area contributed by atoms with Crippen LogP contribution in [0.25, 0.3) is 0 Å². The summed E-state index contributed by atoms with van der Waals surface area (Å²) in [6.07, 6.45) is 2.33. The van der Waals surface area contributed by atoms with E-state index in [1.54, 1.807) is 25.3 Å². The zero-order valence-electron chi connectivity index (χ0n) is 11.5. The van der Waals surface area contributed by atoms with E-state index in [0.717, 1.165) is 13.0 Å². The Bertz CT molecular complexity index is 462. The molecule has 1 aromatic carbocycles. The van der Waals surface area contributed by atoms with Crippen molar-refractivity contribution >= 4 is 11.6 Å². The molecule has 0 aliphatic carbocycles. The van der Waals surface area contributed by atoms with Crippen molar-refractivity contribution in [3.8, 4) is 5.75 Å². The number of likely N-dealkylation sites (tertiary alicyclic amines) is 1. The number of amides is 1. The summed E-state index contributed by atoms with van der Waals surface area (Å²) in [5.41, 5.74) is 6.81. The van der Waals surface area contributed by atoms with Gasteiger partial charge in [-0.3, -0.25) is 4.79 Å². The molecule has 5 nitrogen and oxygen atoms in total. The number of nitrogens with two attached hydrogens (primary N) is 1. The monoisotopic (exact) mass is 263 g/mol. The predicted molar refractivity (Wildman–Crippen MR) is 75.4 cm³/mol. The van der Waals surface area contributed by atoms with Gasteiger partial charge in [0.25, 0.3) is 5.91 Å². The van der Waals surface area contributed by atoms with Crippen LogP contribution in [0.3, 0.4) is 0 Å². The zero-order chi connectivity index (χ0) is 13.8. The maximum Gasteiger partial charge on any atom is 0.251 e. The minimum Gasteiger partial charge on any atom is -0.497 e.